The molecule has 0 heterocycles. The first-order valence-corrected chi connectivity index (χ1v) is 5.98. The minimum atomic E-state index is -4.82. The van der Waals surface area contributed by atoms with Crippen molar-refractivity contribution in [3.8, 4) is 5.75 Å². The highest BCUT2D eigenvalue weighted by molar-refractivity contribution is 5.99. The number of amides is 1. The van der Waals surface area contributed by atoms with Crippen molar-refractivity contribution >= 4 is 17.6 Å². The molecule has 1 aromatic carbocycles. The fourth-order valence-corrected chi connectivity index (χ4v) is 1.65. The lowest BCUT2D eigenvalue weighted by Crippen LogP contribution is -2.43. The van der Waals surface area contributed by atoms with Crippen LogP contribution in [-0.2, 0) is 4.79 Å². The number of carboxylic acids is 1. The second kappa shape index (κ2) is 6.94. The Morgan fingerprint density at radius 2 is 2.04 bits per heavy atom. The zero-order valence-corrected chi connectivity index (χ0v) is 11.6. The van der Waals surface area contributed by atoms with Crippen LogP contribution in [0.4, 0.5) is 18.9 Å². The standard InChI is InChI=1S/C12H11F3N2O6/c1-23-9-3-2-6(17(21)22)4-7(9)10(18)16-8(11(19)20)5-12(13,14)15/h2-4,8H,5H2,1H3,(H,16,18)(H,19,20). The smallest absolute Gasteiger partial charge is 0.391 e. The van der Waals surface area contributed by atoms with E-state index in [1.807, 2.05) is 0 Å². The van der Waals surface area contributed by atoms with Gasteiger partial charge in [-0.15, -0.1) is 0 Å². The van der Waals surface area contributed by atoms with Gasteiger partial charge in [0, 0.05) is 12.1 Å². The average Bonchev–Trinajstić information content (AvgIpc) is 2.44. The number of carboxylic acid groups (broad SMARTS) is 1. The first kappa shape index (κ1) is 18.2. The van der Waals surface area contributed by atoms with E-state index < -0.39 is 46.7 Å². The van der Waals surface area contributed by atoms with E-state index in [1.165, 1.54) is 0 Å². The summed E-state index contributed by atoms with van der Waals surface area (Å²) in [7, 11) is 1.14. The molecule has 0 aliphatic rings. The zero-order valence-electron chi connectivity index (χ0n) is 11.6. The Morgan fingerprint density at radius 3 is 2.48 bits per heavy atom. The van der Waals surface area contributed by atoms with E-state index in [9.17, 15) is 32.9 Å². The Kier molecular flexibility index (Phi) is 5.49. The van der Waals surface area contributed by atoms with Crippen molar-refractivity contribution in [2.24, 2.45) is 0 Å². The number of nitro benzene ring substituents is 1. The highest BCUT2D eigenvalue weighted by Gasteiger charge is 2.36. The number of carbonyl (C=O) groups is 2. The van der Waals surface area contributed by atoms with Gasteiger partial charge in [-0.05, 0) is 6.07 Å². The Morgan fingerprint density at radius 1 is 1.43 bits per heavy atom. The maximum absolute atomic E-state index is 12.3. The van der Waals surface area contributed by atoms with Crippen molar-refractivity contribution in [1.82, 2.24) is 5.32 Å². The predicted molar refractivity (Wildman–Crippen MR) is 69.2 cm³/mol. The Bertz CT molecular complexity index is 632. The minimum Gasteiger partial charge on any atom is -0.496 e. The molecule has 1 rings (SSSR count). The average molecular weight is 336 g/mol. The third-order valence-corrected chi connectivity index (χ3v) is 2.68. The van der Waals surface area contributed by atoms with E-state index in [0.29, 0.717) is 0 Å². The normalized spacial score (nSPS) is 12.3. The highest BCUT2D eigenvalue weighted by atomic mass is 19.4. The van der Waals surface area contributed by atoms with Crippen LogP contribution in [0.3, 0.4) is 0 Å². The van der Waals surface area contributed by atoms with Gasteiger partial charge in [0.25, 0.3) is 11.6 Å². The molecular formula is C12H11F3N2O6. The topological polar surface area (TPSA) is 119 Å². The molecule has 0 aliphatic heterocycles. The number of aliphatic carboxylic acids is 1. The van der Waals surface area contributed by atoms with Crippen molar-refractivity contribution in [1.29, 1.82) is 0 Å². The van der Waals surface area contributed by atoms with E-state index in [-0.39, 0.29) is 5.75 Å². The molecule has 1 atom stereocenters. The number of non-ortho nitro benzene ring substituents is 1. The van der Waals surface area contributed by atoms with Crippen LogP contribution < -0.4 is 10.1 Å². The molecule has 0 saturated heterocycles. The number of nitro groups is 1. The van der Waals surface area contributed by atoms with Crippen LogP contribution in [-0.4, -0.2) is 41.2 Å². The number of rotatable bonds is 6. The molecule has 0 radical (unpaired) electrons. The lowest BCUT2D eigenvalue weighted by atomic mass is 10.1. The SMILES string of the molecule is COc1ccc([N+](=O)[O-])cc1C(=O)NC(CC(F)(F)F)C(=O)O. The molecule has 1 unspecified atom stereocenters. The Labute approximate surface area is 127 Å². The maximum atomic E-state index is 12.3. The van der Waals surface area contributed by atoms with Gasteiger partial charge in [-0.1, -0.05) is 0 Å². The largest absolute Gasteiger partial charge is 0.496 e. The molecule has 0 fully saturated rings. The van der Waals surface area contributed by atoms with Gasteiger partial charge in [0.1, 0.15) is 11.8 Å². The number of halogens is 3. The molecule has 0 bridgehead atoms. The summed E-state index contributed by atoms with van der Waals surface area (Å²) in [4.78, 5) is 32.6. The summed E-state index contributed by atoms with van der Waals surface area (Å²) in [5.74, 6) is -3.27. The maximum Gasteiger partial charge on any atom is 0.391 e. The summed E-state index contributed by atoms with van der Waals surface area (Å²) >= 11 is 0. The molecule has 8 nitrogen and oxygen atoms in total. The molecule has 1 aromatic rings. The van der Waals surface area contributed by atoms with Crippen LogP contribution in [0.15, 0.2) is 18.2 Å². The second-order valence-electron chi connectivity index (χ2n) is 4.33. The predicted octanol–water partition coefficient (Wildman–Crippen LogP) is 1.74. The van der Waals surface area contributed by atoms with Gasteiger partial charge in [0.2, 0.25) is 0 Å². The number of benzene rings is 1. The van der Waals surface area contributed by atoms with Crippen LogP contribution in [0.2, 0.25) is 0 Å². The molecule has 126 valence electrons. The van der Waals surface area contributed by atoms with E-state index in [0.717, 1.165) is 25.3 Å². The van der Waals surface area contributed by atoms with E-state index in [1.54, 1.807) is 5.32 Å². The molecule has 0 aromatic heterocycles. The first-order valence-electron chi connectivity index (χ1n) is 5.98. The Hall–Kier alpha value is -2.85. The number of nitrogens with one attached hydrogen (secondary N) is 1. The molecule has 0 saturated carbocycles. The molecule has 0 aliphatic carbocycles. The summed E-state index contributed by atoms with van der Waals surface area (Å²) in [6.07, 6.45) is -6.60. The molecule has 2 N–H and O–H groups in total. The molecule has 23 heavy (non-hydrogen) atoms. The van der Waals surface area contributed by atoms with Gasteiger partial charge < -0.3 is 15.2 Å². The quantitative estimate of drug-likeness (QED) is 0.603. The van der Waals surface area contributed by atoms with Crippen LogP contribution in [0.5, 0.6) is 5.75 Å². The first-order chi connectivity index (χ1) is 10.5. The molecule has 11 heteroatoms. The minimum absolute atomic E-state index is 0.149. The summed E-state index contributed by atoms with van der Waals surface area (Å²) < 4.78 is 41.7. The highest BCUT2D eigenvalue weighted by Crippen LogP contribution is 2.25. The second-order valence-corrected chi connectivity index (χ2v) is 4.33. The van der Waals surface area contributed by atoms with Crippen molar-refractivity contribution in [2.75, 3.05) is 7.11 Å². The van der Waals surface area contributed by atoms with Gasteiger partial charge in [0.15, 0.2) is 0 Å². The number of methoxy groups -OCH3 is 1. The van der Waals surface area contributed by atoms with E-state index >= 15 is 0 Å². The third kappa shape index (κ3) is 5.13. The third-order valence-electron chi connectivity index (χ3n) is 2.68. The number of carbonyl (C=O) groups excluding carboxylic acids is 1. The van der Waals surface area contributed by atoms with Crippen molar-refractivity contribution in [2.45, 2.75) is 18.6 Å². The van der Waals surface area contributed by atoms with Gasteiger partial charge in [-0.2, -0.15) is 13.2 Å². The fraction of sp³-hybridized carbons (Fsp3) is 0.333. The molecule has 0 spiro atoms. The summed E-state index contributed by atoms with van der Waals surface area (Å²) in [6, 6.07) is 0.652. The lowest BCUT2D eigenvalue weighted by molar-refractivity contribution is -0.384. The van der Waals surface area contributed by atoms with Crippen LogP contribution >= 0.6 is 0 Å². The van der Waals surface area contributed by atoms with Crippen molar-refractivity contribution < 1.29 is 37.5 Å². The van der Waals surface area contributed by atoms with E-state index in [4.69, 9.17) is 9.84 Å². The lowest BCUT2D eigenvalue weighted by Gasteiger charge is -2.17. The van der Waals surface area contributed by atoms with Crippen LogP contribution in [0, 0.1) is 10.1 Å². The monoisotopic (exact) mass is 336 g/mol. The van der Waals surface area contributed by atoms with Gasteiger partial charge in [0.05, 0.1) is 24.0 Å². The summed E-state index contributed by atoms with van der Waals surface area (Å²) in [6.45, 7) is 0. The van der Waals surface area contributed by atoms with Crippen LogP contribution in [0.1, 0.15) is 16.8 Å². The van der Waals surface area contributed by atoms with Crippen molar-refractivity contribution in [3.63, 3.8) is 0 Å². The number of hydrogen-bond acceptors (Lipinski definition) is 5. The zero-order chi connectivity index (χ0) is 17.8. The van der Waals surface area contributed by atoms with Crippen LogP contribution in [0.25, 0.3) is 0 Å². The number of nitrogens with zero attached hydrogens (tertiary/aromatic N) is 1. The van der Waals surface area contributed by atoms with E-state index in [2.05, 4.69) is 0 Å². The number of alkyl halides is 3. The van der Waals surface area contributed by atoms with Gasteiger partial charge >= 0.3 is 12.1 Å². The number of ether oxygens (including phenoxy) is 1. The van der Waals surface area contributed by atoms with Crippen molar-refractivity contribution in [3.05, 3.63) is 33.9 Å². The molecular weight excluding hydrogens is 325 g/mol. The Balaban J connectivity index is 3.09. The number of hydrogen-bond donors (Lipinski definition) is 2. The summed E-state index contributed by atoms with van der Waals surface area (Å²) in [5.41, 5.74) is -0.950. The van der Waals surface area contributed by atoms with Gasteiger partial charge in [-0.25, -0.2) is 4.79 Å². The van der Waals surface area contributed by atoms with Gasteiger partial charge in [-0.3, -0.25) is 14.9 Å². The summed E-state index contributed by atoms with van der Waals surface area (Å²) in [5, 5.41) is 21.1. The molecule has 1 amide bonds. The fourth-order valence-electron chi connectivity index (χ4n) is 1.65.